The van der Waals surface area contributed by atoms with Gasteiger partial charge in [-0.25, -0.2) is 8.42 Å². The molecule has 7 heteroatoms. The summed E-state index contributed by atoms with van der Waals surface area (Å²) < 4.78 is 27.1. The number of carboxylic acids is 1. The van der Waals surface area contributed by atoms with Crippen LogP contribution in [0.1, 0.15) is 17.0 Å². The van der Waals surface area contributed by atoms with E-state index in [1.807, 2.05) is 6.92 Å². The molecule has 3 rings (SSSR count). The standard InChI is InChI=1S/C18H18BrNO4S/c1-11-2-8-14(9-3-11)25(23,24)16-15(18(16,10-20)17(21)22)12-4-6-13(19)7-5-12/h2-9,15-16H,10,20H2,1H3,(H,21,22)/t15-,16-,18-/m1/s1. The lowest BCUT2D eigenvalue weighted by atomic mass is 9.99. The lowest BCUT2D eigenvalue weighted by molar-refractivity contribution is -0.143. The molecule has 0 aromatic heterocycles. The summed E-state index contributed by atoms with van der Waals surface area (Å²) in [5, 5.41) is 8.68. The largest absolute Gasteiger partial charge is 0.481 e. The molecule has 3 N–H and O–H groups in total. The second kappa shape index (κ2) is 6.23. The molecule has 1 fully saturated rings. The number of rotatable bonds is 5. The Kier molecular flexibility index (Phi) is 4.51. The van der Waals surface area contributed by atoms with Gasteiger partial charge in [-0.1, -0.05) is 45.8 Å². The summed E-state index contributed by atoms with van der Waals surface area (Å²) in [5.74, 6) is -1.85. The van der Waals surface area contributed by atoms with Crippen molar-refractivity contribution in [3.05, 3.63) is 64.1 Å². The molecule has 132 valence electrons. The van der Waals surface area contributed by atoms with Gasteiger partial charge in [0.05, 0.1) is 10.1 Å². The van der Waals surface area contributed by atoms with Crippen molar-refractivity contribution in [3.63, 3.8) is 0 Å². The monoisotopic (exact) mass is 423 g/mol. The zero-order chi connectivity index (χ0) is 18.4. The van der Waals surface area contributed by atoms with Crippen molar-refractivity contribution in [1.29, 1.82) is 0 Å². The van der Waals surface area contributed by atoms with Crippen LogP contribution >= 0.6 is 15.9 Å². The van der Waals surface area contributed by atoms with Crippen molar-refractivity contribution >= 4 is 31.7 Å². The molecule has 0 spiro atoms. The summed E-state index contributed by atoms with van der Waals surface area (Å²) >= 11 is 3.33. The molecule has 0 radical (unpaired) electrons. The minimum absolute atomic E-state index is 0.127. The molecule has 5 nitrogen and oxygen atoms in total. The number of hydrogen-bond donors (Lipinski definition) is 2. The Morgan fingerprint density at radius 1 is 1.16 bits per heavy atom. The summed E-state index contributed by atoms with van der Waals surface area (Å²) in [7, 11) is -3.83. The van der Waals surface area contributed by atoms with E-state index in [0.717, 1.165) is 10.0 Å². The normalized spacial score (nSPS) is 25.6. The SMILES string of the molecule is Cc1ccc(S(=O)(=O)[C@@H]2[C@@H](c3ccc(Br)cc3)[C@@]2(CN)C(=O)O)cc1. The molecule has 25 heavy (non-hydrogen) atoms. The molecule has 0 bridgehead atoms. The van der Waals surface area contributed by atoms with Gasteiger partial charge >= 0.3 is 5.97 Å². The van der Waals surface area contributed by atoms with Crippen LogP contribution in [0.4, 0.5) is 0 Å². The Labute approximate surface area is 154 Å². The smallest absolute Gasteiger partial charge is 0.312 e. The highest BCUT2D eigenvalue weighted by Gasteiger charge is 2.75. The first-order valence-electron chi connectivity index (χ1n) is 7.74. The van der Waals surface area contributed by atoms with Crippen molar-refractivity contribution in [2.45, 2.75) is 23.0 Å². The topological polar surface area (TPSA) is 97.5 Å². The van der Waals surface area contributed by atoms with E-state index in [0.29, 0.717) is 5.56 Å². The molecular formula is C18H18BrNO4S. The highest BCUT2D eigenvalue weighted by molar-refractivity contribution is 9.10. The Hall–Kier alpha value is -1.70. The Morgan fingerprint density at radius 2 is 1.72 bits per heavy atom. The molecule has 0 unspecified atom stereocenters. The van der Waals surface area contributed by atoms with Gasteiger partial charge in [-0.3, -0.25) is 4.79 Å². The highest BCUT2D eigenvalue weighted by Crippen LogP contribution is 2.63. The van der Waals surface area contributed by atoms with E-state index in [1.54, 1.807) is 36.4 Å². The van der Waals surface area contributed by atoms with Gasteiger partial charge in [-0.15, -0.1) is 0 Å². The van der Waals surface area contributed by atoms with Gasteiger partial charge < -0.3 is 10.8 Å². The van der Waals surface area contributed by atoms with Crippen LogP contribution in [0.15, 0.2) is 57.9 Å². The summed E-state index contributed by atoms with van der Waals surface area (Å²) in [6.07, 6.45) is 0. The maximum atomic E-state index is 13.1. The summed E-state index contributed by atoms with van der Waals surface area (Å²) in [5.41, 5.74) is 5.86. The third-order valence-corrected chi connectivity index (χ3v) is 7.72. The van der Waals surface area contributed by atoms with Crippen LogP contribution < -0.4 is 5.73 Å². The first-order valence-corrected chi connectivity index (χ1v) is 10.1. The number of halogens is 1. The molecule has 0 amide bonds. The molecule has 0 heterocycles. The number of aryl methyl sites for hydroxylation is 1. The molecule has 0 aliphatic heterocycles. The van der Waals surface area contributed by atoms with Gasteiger partial charge in [0.15, 0.2) is 9.84 Å². The van der Waals surface area contributed by atoms with E-state index in [9.17, 15) is 18.3 Å². The molecule has 3 atom stereocenters. The quantitative estimate of drug-likeness (QED) is 0.770. The molecule has 1 aliphatic rings. The Bertz CT molecular complexity index is 909. The summed E-state index contributed by atoms with van der Waals surface area (Å²) in [6.45, 7) is 1.62. The molecule has 0 saturated heterocycles. The molecule has 1 aliphatic carbocycles. The van der Waals surface area contributed by atoms with Crippen LogP contribution in [-0.2, 0) is 14.6 Å². The zero-order valence-corrected chi connectivity index (χ0v) is 15.9. The first kappa shape index (κ1) is 18.1. The van der Waals surface area contributed by atoms with Gasteiger partial charge in [0.2, 0.25) is 0 Å². The predicted octanol–water partition coefficient (Wildman–Crippen LogP) is 2.73. The maximum Gasteiger partial charge on any atom is 0.312 e. The maximum absolute atomic E-state index is 13.1. The number of aliphatic carboxylic acids is 1. The number of hydrogen-bond acceptors (Lipinski definition) is 4. The predicted molar refractivity (Wildman–Crippen MR) is 98.2 cm³/mol. The third kappa shape index (κ3) is 2.80. The Morgan fingerprint density at radius 3 is 2.20 bits per heavy atom. The number of carbonyl (C=O) groups is 1. The lowest BCUT2D eigenvalue weighted by Gasteiger charge is -2.10. The van der Waals surface area contributed by atoms with Gasteiger partial charge in [0.1, 0.15) is 5.41 Å². The van der Waals surface area contributed by atoms with Crippen molar-refractivity contribution in [2.75, 3.05) is 6.54 Å². The van der Waals surface area contributed by atoms with Crippen LogP contribution in [0.5, 0.6) is 0 Å². The van der Waals surface area contributed by atoms with Gasteiger partial charge in [0, 0.05) is 16.9 Å². The highest BCUT2D eigenvalue weighted by atomic mass is 79.9. The summed E-state index contributed by atoms with van der Waals surface area (Å²) in [6, 6.07) is 13.5. The number of benzene rings is 2. The second-order valence-corrected chi connectivity index (χ2v) is 9.34. The van der Waals surface area contributed by atoms with Gasteiger partial charge in [-0.2, -0.15) is 0 Å². The van der Waals surface area contributed by atoms with Crippen LogP contribution in [-0.4, -0.2) is 31.3 Å². The first-order chi connectivity index (χ1) is 11.7. The number of carboxylic acid groups (broad SMARTS) is 1. The van der Waals surface area contributed by atoms with E-state index < -0.39 is 32.4 Å². The number of nitrogens with two attached hydrogens (primary N) is 1. The van der Waals surface area contributed by atoms with E-state index >= 15 is 0 Å². The fourth-order valence-electron chi connectivity index (χ4n) is 3.46. The minimum Gasteiger partial charge on any atom is -0.481 e. The fraction of sp³-hybridized carbons (Fsp3) is 0.278. The van der Waals surface area contributed by atoms with Crippen LogP contribution in [0, 0.1) is 12.3 Å². The molecular weight excluding hydrogens is 406 g/mol. The van der Waals surface area contributed by atoms with Crippen molar-refractivity contribution in [2.24, 2.45) is 11.1 Å². The van der Waals surface area contributed by atoms with Crippen LogP contribution in [0.2, 0.25) is 0 Å². The van der Waals surface area contributed by atoms with E-state index in [2.05, 4.69) is 15.9 Å². The zero-order valence-electron chi connectivity index (χ0n) is 13.5. The summed E-state index contributed by atoms with van der Waals surface area (Å²) in [4.78, 5) is 12.1. The van der Waals surface area contributed by atoms with Crippen LogP contribution in [0.25, 0.3) is 0 Å². The Balaban J connectivity index is 2.10. The van der Waals surface area contributed by atoms with Gasteiger partial charge in [-0.05, 0) is 36.8 Å². The van der Waals surface area contributed by atoms with E-state index in [1.165, 1.54) is 12.1 Å². The molecule has 2 aromatic rings. The minimum atomic E-state index is -3.83. The van der Waals surface area contributed by atoms with Crippen molar-refractivity contribution in [1.82, 2.24) is 0 Å². The fourth-order valence-corrected chi connectivity index (χ4v) is 6.11. The van der Waals surface area contributed by atoms with Crippen LogP contribution in [0.3, 0.4) is 0 Å². The average molecular weight is 424 g/mol. The molecule has 1 saturated carbocycles. The van der Waals surface area contributed by atoms with E-state index in [4.69, 9.17) is 5.73 Å². The van der Waals surface area contributed by atoms with E-state index in [-0.39, 0.29) is 11.4 Å². The lowest BCUT2D eigenvalue weighted by Crippen LogP contribution is -2.31. The van der Waals surface area contributed by atoms with Crippen molar-refractivity contribution in [3.8, 4) is 0 Å². The van der Waals surface area contributed by atoms with Crippen molar-refractivity contribution < 1.29 is 18.3 Å². The number of sulfone groups is 1. The average Bonchev–Trinajstić information content (AvgIpc) is 3.27. The van der Waals surface area contributed by atoms with Gasteiger partial charge in [0.25, 0.3) is 0 Å². The third-order valence-electron chi connectivity index (χ3n) is 4.91. The second-order valence-electron chi connectivity index (χ2n) is 6.36. The molecule has 2 aromatic carbocycles.